The minimum Gasteiger partial charge on any atom is -0.459 e. The maximum Gasteiger partial charge on any atom is 0.288 e. The first kappa shape index (κ1) is 20.7. The Morgan fingerprint density at radius 2 is 1.89 bits per heavy atom. The molecule has 3 atom stereocenters. The first-order valence-corrected chi connectivity index (χ1v) is 11.1. The fraction of sp³-hybridized carbons (Fsp3) is 0.864. The molecule has 1 N–H and O–H groups in total. The summed E-state index contributed by atoms with van der Waals surface area (Å²) in [6, 6.07) is 0. The lowest BCUT2D eigenvalue weighted by Gasteiger charge is -2.42. The molecule has 0 aromatic heterocycles. The van der Waals surface area contributed by atoms with Crippen molar-refractivity contribution >= 4 is 5.91 Å². The predicted octanol–water partition coefficient (Wildman–Crippen LogP) is 3.86. The molecule has 5 heteroatoms. The summed E-state index contributed by atoms with van der Waals surface area (Å²) < 4.78 is 12.1. The standard InChI is InChI=1S/C22H37NO4/c1-2-26-22-18(12-9-15-24)19(17-10-5-3-6-11-17)16-20(27-22)21(25)23-13-7-4-8-14-23/h16-19,22,24H,2-15H2,1H3/t18-,19+,22+/m0/s1. The number of aliphatic hydroxyl groups is 1. The SMILES string of the molecule is CCO[C@@H]1OC(C(=O)N2CCCCC2)=C[C@H](C2CCCCC2)[C@@H]1CCCO. The molecular weight excluding hydrogens is 342 g/mol. The van der Waals surface area contributed by atoms with Crippen molar-refractivity contribution in [3.05, 3.63) is 11.8 Å². The van der Waals surface area contributed by atoms with Crippen molar-refractivity contribution in [3.8, 4) is 0 Å². The van der Waals surface area contributed by atoms with Crippen LogP contribution in [0.25, 0.3) is 0 Å². The number of aliphatic hydroxyl groups excluding tert-OH is 1. The Bertz CT molecular complexity index is 495. The fourth-order valence-corrected chi connectivity index (χ4v) is 5.09. The van der Waals surface area contributed by atoms with E-state index in [1.807, 2.05) is 11.8 Å². The van der Waals surface area contributed by atoms with Crippen LogP contribution >= 0.6 is 0 Å². The maximum atomic E-state index is 13.1. The third-order valence-corrected chi connectivity index (χ3v) is 6.51. The number of allylic oxidation sites excluding steroid dienone is 1. The van der Waals surface area contributed by atoms with Crippen molar-refractivity contribution in [1.29, 1.82) is 0 Å². The van der Waals surface area contributed by atoms with Gasteiger partial charge >= 0.3 is 0 Å². The number of carbonyl (C=O) groups is 1. The van der Waals surface area contributed by atoms with Crippen LogP contribution in [0.15, 0.2) is 11.8 Å². The molecule has 2 fully saturated rings. The molecule has 0 unspecified atom stereocenters. The van der Waals surface area contributed by atoms with Crippen LogP contribution in [0.4, 0.5) is 0 Å². The van der Waals surface area contributed by atoms with E-state index in [9.17, 15) is 9.90 Å². The highest BCUT2D eigenvalue weighted by Gasteiger charge is 2.41. The van der Waals surface area contributed by atoms with E-state index in [4.69, 9.17) is 9.47 Å². The normalized spacial score (nSPS) is 29.9. The Balaban J connectivity index is 1.82. The van der Waals surface area contributed by atoms with Crippen LogP contribution in [0.3, 0.4) is 0 Å². The molecule has 0 aromatic carbocycles. The zero-order chi connectivity index (χ0) is 19.1. The summed E-state index contributed by atoms with van der Waals surface area (Å²) in [5.74, 6) is 1.68. The number of hydrogen-bond donors (Lipinski definition) is 1. The van der Waals surface area contributed by atoms with Crippen molar-refractivity contribution in [3.63, 3.8) is 0 Å². The Hall–Kier alpha value is -1.07. The van der Waals surface area contributed by atoms with Crippen LogP contribution in [0.2, 0.25) is 0 Å². The second-order valence-corrected chi connectivity index (χ2v) is 8.33. The molecule has 0 spiro atoms. The summed E-state index contributed by atoms with van der Waals surface area (Å²) in [4.78, 5) is 15.0. The van der Waals surface area contributed by atoms with Gasteiger partial charge in [-0.25, -0.2) is 0 Å². The zero-order valence-corrected chi connectivity index (χ0v) is 16.9. The van der Waals surface area contributed by atoms with Crippen molar-refractivity contribution in [2.24, 2.45) is 17.8 Å². The molecule has 1 amide bonds. The molecule has 0 bridgehead atoms. The van der Waals surface area contributed by atoms with Crippen LogP contribution in [0, 0.1) is 17.8 Å². The number of nitrogens with zero attached hydrogens (tertiary/aromatic N) is 1. The Labute approximate surface area is 164 Å². The Kier molecular flexibility index (Phi) is 8.01. The lowest BCUT2D eigenvalue weighted by molar-refractivity contribution is -0.180. The van der Waals surface area contributed by atoms with Gasteiger partial charge in [-0.1, -0.05) is 19.3 Å². The second kappa shape index (κ2) is 10.5. The topological polar surface area (TPSA) is 59.0 Å². The summed E-state index contributed by atoms with van der Waals surface area (Å²) >= 11 is 0. The van der Waals surface area contributed by atoms with Crippen LogP contribution in [-0.2, 0) is 14.3 Å². The van der Waals surface area contributed by atoms with Crippen molar-refractivity contribution in [2.75, 3.05) is 26.3 Å². The molecule has 2 heterocycles. The van der Waals surface area contributed by atoms with Crippen molar-refractivity contribution < 1.29 is 19.4 Å². The lowest BCUT2D eigenvalue weighted by Crippen LogP contribution is -2.44. The highest BCUT2D eigenvalue weighted by atomic mass is 16.7. The summed E-state index contributed by atoms with van der Waals surface area (Å²) in [7, 11) is 0. The van der Waals surface area contributed by atoms with Gasteiger partial charge in [0.25, 0.3) is 5.91 Å². The molecule has 2 aliphatic heterocycles. The van der Waals surface area contributed by atoms with Gasteiger partial charge in [-0.15, -0.1) is 0 Å². The van der Waals surface area contributed by atoms with Gasteiger partial charge in [-0.3, -0.25) is 4.79 Å². The third kappa shape index (κ3) is 5.26. The van der Waals surface area contributed by atoms with E-state index >= 15 is 0 Å². The zero-order valence-electron chi connectivity index (χ0n) is 16.9. The van der Waals surface area contributed by atoms with Gasteiger partial charge in [0, 0.05) is 32.2 Å². The summed E-state index contributed by atoms with van der Waals surface area (Å²) in [6.07, 6.45) is 13.1. The molecule has 154 valence electrons. The first-order valence-electron chi connectivity index (χ1n) is 11.1. The molecular formula is C22H37NO4. The highest BCUT2D eigenvalue weighted by molar-refractivity contribution is 5.91. The van der Waals surface area contributed by atoms with Crippen molar-refractivity contribution in [1.82, 2.24) is 4.90 Å². The molecule has 3 rings (SSSR count). The minimum atomic E-state index is -0.373. The quantitative estimate of drug-likeness (QED) is 0.730. The lowest BCUT2D eigenvalue weighted by atomic mass is 9.71. The highest BCUT2D eigenvalue weighted by Crippen LogP contribution is 2.42. The molecule has 27 heavy (non-hydrogen) atoms. The van der Waals surface area contributed by atoms with E-state index < -0.39 is 0 Å². The van der Waals surface area contributed by atoms with Gasteiger partial charge in [0.05, 0.1) is 0 Å². The van der Waals surface area contributed by atoms with E-state index in [1.54, 1.807) is 0 Å². The number of hydrogen-bond acceptors (Lipinski definition) is 4. The summed E-state index contributed by atoms with van der Waals surface area (Å²) in [6.45, 7) is 4.41. The van der Waals surface area contributed by atoms with Crippen molar-refractivity contribution in [2.45, 2.75) is 77.4 Å². The third-order valence-electron chi connectivity index (χ3n) is 6.51. The summed E-state index contributed by atoms with van der Waals surface area (Å²) in [5, 5.41) is 9.36. The monoisotopic (exact) mass is 379 g/mol. The minimum absolute atomic E-state index is 0.0424. The molecule has 0 aromatic rings. The van der Waals surface area contributed by atoms with E-state index in [-0.39, 0.29) is 24.7 Å². The van der Waals surface area contributed by atoms with Crippen LogP contribution in [0.5, 0.6) is 0 Å². The number of piperidine rings is 1. The number of amides is 1. The molecule has 1 saturated heterocycles. The van der Waals surface area contributed by atoms with Gasteiger partial charge in [0.1, 0.15) is 0 Å². The smallest absolute Gasteiger partial charge is 0.288 e. The number of likely N-dealkylation sites (tertiary alicyclic amines) is 1. The molecule has 1 aliphatic carbocycles. The van der Waals surface area contributed by atoms with Gasteiger partial charge in [0.2, 0.25) is 6.29 Å². The number of rotatable bonds is 7. The van der Waals surface area contributed by atoms with E-state index in [0.29, 0.717) is 24.2 Å². The van der Waals surface area contributed by atoms with Crippen LogP contribution in [-0.4, -0.2) is 48.5 Å². The molecule has 5 nitrogen and oxygen atoms in total. The van der Waals surface area contributed by atoms with Gasteiger partial charge < -0.3 is 19.5 Å². The summed E-state index contributed by atoms with van der Waals surface area (Å²) in [5.41, 5.74) is 0. The fourth-order valence-electron chi connectivity index (χ4n) is 5.09. The Morgan fingerprint density at radius 3 is 2.56 bits per heavy atom. The molecule has 0 radical (unpaired) electrons. The first-order chi connectivity index (χ1) is 13.2. The second-order valence-electron chi connectivity index (χ2n) is 8.33. The van der Waals surface area contributed by atoms with Gasteiger partial charge in [-0.2, -0.15) is 0 Å². The average molecular weight is 380 g/mol. The number of ether oxygens (including phenoxy) is 2. The maximum absolute atomic E-state index is 13.1. The average Bonchev–Trinajstić information content (AvgIpc) is 2.73. The number of carbonyl (C=O) groups excluding carboxylic acids is 1. The molecule has 3 aliphatic rings. The Morgan fingerprint density at radius 1 is 1.19 bits per heavy atom. The molecule has 1 saturated carbocycles. The van der Waals surface area contributed by atoms with Crippen LogP contribution < -0.4 is 0 Å². The predicted molar refractivity (Wildman–Crippen MR) is 105 cm³/mol. The van der Waals surface area contributed by atoms with E-state index in [0.717, 1.165) is 38.8 Å². The van der Waals surface area contributed by atoms with Crippen LogP contribution in [0.1, 0.15) is 71.1 Å². The largest absolute Gasteiger partial charge is 0.459 e. The van der Waals surface area contributed by atoms with Gasteiger partial charge in [-0.05, 0) is 69.8 Å². The van der Waals surface area contributed by atoms with E-state index in [2.05, 4.69) is 6.08 Å². The van der Waals surface area contributed by atoms with Gasteiger partial charge in [0.15, 0.2) is 5.76 Å². The van der Waals surface area contributed by atoms with E-state index in [1.165, 1.54) is 38.5 Å².